The summed E-state index contributed by atoms with van der Waals surface area (Å²) in [5.74, 6) is 0. The summed E-state index contributed by atoms with van der Waals surface area (Å²) >= 11 is 2.42. The van der Waals surface area contributed by atoms with Crippen LogP contribution in [0, 0.1) is 0 Å². The van der Waals surface area contributed by atoms with Crippen LogP contribution in [0.2, 0.25) is 16.4 Å². The maximum absolute atomic E-state index is 2.54. The summed E-state index contributed by atoms with van der Waals surface area (Å²) in [7, 11) is -1.51. The molecule has 0 saturated carbocycles. The van der Waals surface area contributed by atoms with Crippen molar-refractivity contribution in [2.24, 2.45) is 0 Å². The molecule has 1 unspecified atom stereocenters. The van der Waals surface area contributed by atoms with Crippen LogP contribution in [0.1, 0.15) is 26.2 Å². The van der Waals surface area contributed by atoms with Crippen LogP contribution in [0.3, 0.4) is 0 Å². The van der Waals surface area contributed by atoms with E-state index in [0.717, 1.165) is 0 Å². The van der Waals surface area contributed by atoms with Gasteiger partial charge in [0.1, 0.15) is 0 Å². The molecular weight excluding hydrogens is 386 g/mol. The Labute approximate surface area is 166 Å². The van der Waals surface area contributed by atoms with Crippen molar-refractivity contribution in [3.05, 3.63) is 54.1 Å². The average Bonchev–Trinajstić information content (AvgIpc) is 2.81. The van der Waals surface area contributed by atoms with Gasteiger partial charge in [-0.15, -0.1) is 0 Å². The van der Waals surface area contributed by atoms with Gasteiger partial charge in [-0.2, -0.15) is 0 Å². The van der Waals surface area contributed by atoms with E-state index in [1.54, 1.807) is 10.8 Å². The molecular formula is C17H23Cl3SiTi. The summed E-state index contributed by atoms with van der Waals surface area (Å²) in [6.45, 7) is 7.25. The molecule has 0 aliphatic heterocycles. The molecule has 1 aliphatic rings. The standard InChI is InChI=1S/C17H23Si.3ClH.Ti/c1-4-5-9-15-12-13-17(14-15)18(2,3)16-10-7-6-8-11-16;;;;/h6-8,10-14H,4-5,9H2,1-3H3;3*1H;/q;;;;+3/p-3. The van der Waals surface area contributed by atoms with Gasteiger partial charge >= 0.3 is 130 Å². The maximum atomic E-state index is 2.54. The molecule has 1 aromatic rings. The van der Waals surface area contributed by atoms with Crippen molar-refractivity contribution in [3.63, 3.8) is 0 Å². The molecule has 0 bridgehead atoms. The first kappa shape index (κ1) is 24.7. The number of hydrogen-bond donors (Lipinski definition) is 0. The van der Waals surface area contributed by atoms with Gasteiger partial charge in [0, 0.05) is 0 Å². The minimum absolute atomic E-state index is 0. The smallest absolute Gasteiger partial charge is 1.00 e. The summed E-state index contributed by atoms with van der Waals surface area (Å²) in [6.07, 6.45) is 11.2. The molecule has 0 nitrogen and oxygen atoms in total. The molecule has 2 rings (SSSR count). The Morgan fingerprint density at radius 1 is 1.05 bits per heavy atom. The Kier molecular flexibility index (Phi) is 11.7. The minimum Gasteiger partial charge on any atom is -1.00 e. The first-order chi connectivity index (χ1) is 8.99. The fourth-order valence-electron chi connectivity index (χ4n) is 2.65. The van der Waals surface area contributed by atoms with Crippen molar-refractivity contribution >= 4 is 13.3 Å². The topological polar surface area (TPSA) is 0 Å². The number of unbranched alkanes of at least 4 members (excludes halogenated alkanes) is 1. The van der Waals surface area contributed by atoms with E-state index >= 15 is 0 Å². The maximum Gasteiger partial charge on any atom is -1.00 e. The molecule has 1 atom stereocenters. The number of benzene rings is 1. The summed E-state index contributed by atoms with van der Waals surface area (Å²) in [5.41, 5.74) is 1.54. The molecule has 0 spiro atoms. The molecule has 120 valence electrons. The van der Waals surface area contributed by atoms with Crippen molar-refractivity contribution in [2.45, 2.75) is 42.6 Å². The summed E-state index contributed by atoms with van der Waals surface area (Å²) < 4.78 is 0.261. The van der Waals surface area contributed by atoms with Gasteiger partial charge in [0.05, 0.1) is 0 Å². The van der Waals surface area contributed by atoms with E-state index < -0.39 is 8.07 Å². The Morgan fingerprint density at radius 3 is 2.18 bits per heavy atom. The second kappa shape index (κ2) is 10.4. The average molecular weight is 410 g/mol. The van der Waals surface area contributed by atoms with E-state index in [1.165, 1.54) is 19.3 Å². The van der Waals surface area contributed by atoms with E-state index in [1.807, 2.05) is 0 Å². The third-order valence-electron chi connectivity index (χ3n) is 4.32. The Bertz CT molecular complexity index is 500. The van der Waals surface area contributed by atoms with E-state index in [2.05, 4.69) is 89.0 Å². The Hall–Kier alpha value is 0.501. The molecule has 0 N–H and O–H groups in total. The quantitative estimate of drug-likeness (QED) is 0.431. The van der Waals surface area contributed by atoms with Crippen LogP contribution < -0.4 is 42.4 Å². The zero-order chi connectivity index (χ0) is 13.9. The van der Waals surface area contributed by atoms with Gasteiger partial charge in [-0.05, 0) is 0 Å². The summed E-state index contributed by atoms with van der Waals surface area (Å²) in [6, 6.07) is 11.1. The van der Waals surface area contributed by atoms with Crippen LogP contribution in [-0.2, 0) is 20.4 Å². The summed E-state index contributed by atoms with van der Waals surface area (Å²) in [5, 5.41) is 1.55. The molecule has 5 heteroatoms. The van der Waals surface area contributed by atoms with Crippen molar-refractivity contribution in [1.29, 1.82) is 0 Å². The first-order valence-corrected chi connectivity index (χ1v) is 11.0. The van der Waals surface area contributed by atoms with E-state index in [9.17, 15) is 0 Å². The number of hydrogen-bond acceptors (Lipinski definition) is 0. The van der Waals surface area contributed by atoms with Gasteiger partial charge in [-0.25, -0.2) is 0 Å². The van der Waals surface area contributed by atoms with Crippen LogP contribution in [0.15, 0.2) is 54.1 Å². The second-order valence-corrected chi connectivity index (χ2v) is 12.7. The molecule has 22 heavy (non-hydrogen) atoms. The predicted octanol–water partition coefficient (Wildman–Crippen LogP) is -4.45. The van der Waals surface area contributed by atoms with E-state index in [0.29, 0.717) is 0 Å². The van der Waals surface area contributed by atoms with E-state index in [-0.39, 0.29) is 40.6 Å². The first-order valence-electron chi connectivity index (χ1n) is 7.21. The Balaban J connectivity index is 0. The molecule has 0 fully saturated rings. The molecule has 0 aromatic heterocycles. The van der Waals surface area contributed by atoms with Gasteiger partial charge < -0.3 is 37.2 Å². The molecule has 1 aliphatic carbocycles. The van der Waals surface area contributed by atoms with Gasteiger partial charge in [0.15, 0.2) is 0 Å². The van der Waals surface area contributed by atoms with Crippen LogP contribution in [0.5, 0.6) is 0 Å². The fraction of sp³-hybridized carbons (Fsp3) is 0.412. The van der Waals surface area contributed by atoms with Gasteiger partial charge in [0.2, 0.25) is 0 Å². The van der Waals surface area contributed by atoms with Crippen LogP contribution in [0.25, 0.3) is 0 Å². The van der Waals surface area contributed by atoms with Crippen molar-refractivity contribution in [2.75, 3.05) is 0 Å². The van der Waals surface area contributed by atoms with Crippen LogP contribution in [0.4, 0.5) is 0 Å². The van der Waals surface area contributed by atoms with E-state index in [4.69, 9.17) is 0 Å². The predicted molar refractivity (Wildman–Crippen MR) is 83.0 cm³/mol. The SMILES string of the molecule is CCCCC1=C[C]([Ti+3])([Si](C)(C)c2ccccc2)C=C1.[Cl-].[Cl-].[Cl-]. The number of rotatable bonds is 5. The fourth-order valence-corrected chi connectivity index (χ4v) is 6.29. The molecule has 0 amide bonds. The van der Waals surface area contributed by atoms with Crippen LogP contribution >= 0.6 is 0 Å². The monoisotopic (exact) mass is 408 g/mol. The van der Waals surface area contributed by atoms with Gasteiger partial charge in [0.25, 0.3) is 0 Å². The van der Waals surface area contributed by atoms with Gasteiger partial charge in [-0.3, -0.25) is 0 Å². The minimum atomic E-state index is -1.51. The molecule has 0 heterocycles. The Morgan fingerprint density at radius 2 is 1.64 bits per heavy atom. The zero-order valence-corrected chi connectivity index (χ0v) is 18.2. The zero-order valence-electron chi connectivity index (χ0n) is 13.4. The van der Waals surface area contributed by atoms with Crippen molar-refractivity contribution < 1.29 is 57.7 Å². The molecule has 0 radical (unpaired) electrons. The molecule has 0 saturated heterocycles. The normalized spacial score (nSPS) is 19.6. The second-order valence-electron chi connectivity index (χ2n) is 6.02. The number of halogens is 3. The largest absolute Gasteiger partial charge is 1.00 e. The van der Waals surface area contributed by atoms with Crippen LogP contribution in [-0.4, -0.2) is 8.07 Å². The third-order valence-corrected chi connectivity index (χ3v) is 11.9. The summed E-state index contributed by atoms with van der Waals surface area (Å²) in [4.78, 5) is 0. The third kappa shape index (κ3) is 5.26. The van der Waals surface area contributed by atoms with Gasteiger partial charge in [-0.1, -0.05) is 0 Å². The van der Waals surface area contributed by atoms with Crippen molar-refractivity contribution in [3.8, 4) is 0 Å². The number of allylic oxidation sites excluding steroid dienone is 4. The molecule has 1 aromatic carbocycles. The van der Waals surface area contributed by atoms with Crippen molar-refractivity contribution in [1.82, 2.24) is 0 Å².